The van der Waals surface area contributed by atoms with Gasteiger partial charge in [-0.05, 0) is 31.2 Å². The Morgan fingerprint density at radius 1 is 1.44 bits per heavy atom. The second-order valence-corrected chi connectivity index (χ2v) is 4.39. The van der Waals surface area contributed by atoms with E-state index >= 15 is 0 Å². The van der Waals surface area contributed by atoms with Crippen LogP contribution < -0.4 is 5.32 Å². The van der Waals surface area contributed by atoms with E-state index in [4.69, 9.17) is 10.8 Å². The van der Waals surface area contributed by atoms with Gasteiger partial charge in [-0.1, -0.05) is 5.11 Å². The minimum absolute atomic E-state index is 0.0361. The van der Waals surface area contributed by atoms with Crippen molar-refractivity contribution in [2.75, 3.05) is 13.1 Å². The van der Waals surface area contributed by atoms with Crippen LogP contribution in [-0.4, -0.2) is 24.8 Å². The van der Waals surface area contributed by atoms with Crippen molar-refractivity contribution in [3.05, 3.63) is 10.4 Å². The van der Waals surface area contributed by atoms with Crippen molar-refractivity contribution in [2.45, 2.75) is 37.4 Å². The van der Waals surface area contributed by atoms with E-state index in [2.05, 4.69) is 21.4 Å². The molecule has 0 radical (unpaired) electrons. The van der Waals surface area contributed by atoms with E-state index in [1.54, 1.807) is 0 Å². The highest BCUT2D eigenvalue weighted by atomic mass is 19.4. The van der Waals surface area contributed by atoms with Gasteiger partial charge < -0.3 is 0 Å². The van der Waals surface area contributed by atoms with Crippen LogP contribution in [0.1, 0.15) is 25.7 Å². The number of nitrogens with zero attached hydrogens (tertiary/aromatic N) is 4. The number of nitriles is 1. The van der Waals surface area contributed by atoms with Gasteiger partial charge in [0.2, 0.25) is 0 Å². The van der Waals surface area contributed by atoms with Crippen molar-refractivity contribution in [3.8, 4) is 6.07 Å². The Bertz CT molecular complexity index is 359. The van der Waals surface area contributed by atoms with Crippen LogP contribution in [0.2, 0.25) is 0 Å². The van der Waals surface area contributed by atoms with E-state index in [-0.39, 0.29) is 32.2 Å². The lowest BCUT2D eigenvalue weighted by Crippen LogP contribution is -2.49. The molecule has 0 spiro atoms. The largest absolute Gasteiger partial charge is 0.391 e. The zero-order valence-corrected chi connectivity index (χ0v) is 9.74. The highest BCUT2D eigenvalue weighted by Crippen LogP contribution is 2.40. The fraction of sp³-hybridized carbons (Fsp3) is 0.900. The molecule has 0 amide bonds. The third-order valence-electron chi connectivity index (χ3n) is 3.25. The molecule has 18 heavy (non-hydrogen) atoms. The maximum absolute atomic E-state index is 12.5. The summed E-state index contributed by atoms with van der Waals surface area (Å²) < 4.78 is 37.5. The average Bonchev–Trinajstić information content (AvgIpc) is 2.34. The van der Waals surface area contributed by atoms with E-state index in [0.29, 0.717) is 6.54 Å². The van der Waals surface area contributed by atoms with E-state index in [9.17, 15) is 13.2 Å². The van der Waals surface area contributed by atoms with Gasteiger partial charge in [0, 0.05) is 18.0 Å². The van der Waals surface area contributed by atoms with Crippen LogP contribution in [0.4, 0.5) is 13.2 Å². The maximum atomic E-state index is 12.5. The summed E-state index contributed by atoms with van der Waals surface area (Å²) in [6.45, 7) is 0.483. The molecule has 8 heteroatoms. The first-order valence-corrected chi connectivity index (χ1v) is 5.67. The van der Waals surface area contributed by atoms with Crippen molar-refractivity contribution in [1.82, 2.24) is 5.32 Å². The lowest BCUT2D eigenvalue weighted by Gasteiger charge is -2.36. The number of hydrogen-bond acceptors (Lipinski definition) is 3. The zero-order valence-electron chi connectivity index (χ0n) is 9.74. The second kappa shape index (κ2) is 5.94. The molecule has 0 atom stereocenters. The fourth-order valence-electron chi connectivity index (χ4n) is 2.16. The predicted molar refractivity (Wildman–Crippen MR) is 58.4 cm³/mol. The minimum atomic E-state index is -4.17. The molecule has 1 fully saturated rings. The van der Waals surface area contributed by atoms with Crippen LogP contribution in [0.3, 0.4) is 0 Å². The molecule has 1 N–H and O–H groups in total. The van der Waals surface area contributed by atoms with Gasteiger partial charge in [0.1, 0.15) is 5.54 Å². The molecule has 5 nitrogen and oxygen atoms in total. The Hall–Kier alpha value is -1.45. The highest BCUT2D eigenvalue weighted by Gasteiger charge is 2.45. The van der Waals surface area contributed by atoms with Crippen molar-refractivity contribution in [2.24, 2.45) is 11.0 Å². The van der Waals surface area contributed by atoms with Gasteiger partial charge >= 0.3 is 6.18 Å². The van der Waals surface area contributed by atoms with E-state index in [1.165, 1.54) is 0 Å². The minimum Gasteiger partial charge on any atom is -0.299 e. The molecule has 1 saturated carbocycles. The summed E-state index contributed by atoms with van der Waals surface area (Å²) in [5.41, 5.74) is 7.18. The van der Waals surface area contributed by atoms with Crippen LogP contribution in [0.5, 0.6) is 0 Å². The third-order valence-corrected chi connectivity index (χ3v) is 3.25. The van der Waals surface area contributed by atoms with Gasteiger partial charge in [0.05, 0.1) is 12.0 Å². The molecular formula is C10H14F3N5. The summed E-state index contributed by atoms with van der Waals surface area (Å²) in [5.74, 6) is -1.31. The summed E-state index contributed by atoms with van der Waals surface area (Å²) in [5, 5.41) is 15.3. The number of hydrogen-bond donors (Lipinski definition) is 1. The molecular weight excluding hydrogens is 247 g/mol. The van der Waals surface area contributed by atoms with Crippen molar-refractivity contribution in [3.63, 3.8) is 0 Å². The Kier molecular flexibility index (Phi) is 4.82. The molecule has 0 saturated heterocycles. The molecule has 100 valence electrons. The molecule has 0 aromatic heterocycles. The van der Waals surface area contributed by atoms with Crippen LogP contribution in [0, 0.1) is 17.2 Å². The lowest BCUT2D eigenvalue weighted by molar-refractivity contribution is -0.184. The van der Waals surface area contributed by atoms with Crippen molar-refractivity contribution < 1.29 is 13.2 Å². The molecule has 0 heterocycles. The molecule has 0 aliphatic heterocycles. The van der Waals surface area contributed by atoms with Gasteiger partial charge in [-0.3, -0.25) is 5.32 Å². The number of azide groups is 1. The first-order chi connectivity index (χ1) is 8.43. The van der Waals surface area contributed by atoms with E-state index in [1.807, 2.05) is 0 Å². The maximum Gasteiger partial charge on any atom is 0.391 e. The molecule has 0 aromatic carbocycles. The van der Waals surface area contributed by atoms with E-state index < -0.39 is 17.6 Å². The number of nitrogens with one attached hydrogen (secondary N) is 1. The summed E-state index contributed by atoms with van der Waals surface area (Å²) in [4.78, 5) is 2.56. The summed E-state index contributed by atoms with van der Waals surface area (Å²) in [7, 11) is 0. The lowest BCUT2D eigenvalue weighted by atomic mass is 9.77. The second-order valence-electron chi connectivity index (χ2n) is 4.39. The fourth-order valence-corrected chi connectivity index (χ4v) is 2.16. The summed E-state index contributed by atoms with van der Waals surface area (Å²) in [6, 6.07) is 2.05. The summed E-state index contributed by atoms with van der Waals surface area (Å²) >= 11 is 0. The average molecular weight is 261 g/mol. The molecule has 0 unspecified atom stereocenters. The van der Waals surface area contributed by atoms with Crippen molar-refractivity contribution >= 4 is 0 Å². The normalized spacial score (nSPS) is 28.2. The monoisotopic (exact) mass is 261 g/mol. The van der Waals surface area contributed by atoms with Crippen LogP contribution in [0.15, 0.2) is 5.11 Å². The topological polar surface area (TPSA) is 84.6 Å². The summed E-state index contributed by atoms with van der Waals surface area (Å²) in [6.07, 6.45) is -3.90. The van der Waals surface area contributed by atoms with Gasteiger partial charge in [-0.2, -0.15) is 18.4 Å². The smallest absolute Gasteiger partial charge is 0.299 e. The molecule has 1 aliphatic carbocycles. The van der Waals surface area contributed by atoms with Crippen LogP contribution in [-0.2, 0) is 0 Å². The molecule has 0 aromatic rings. The molecule has 1 rings (SSSR count). The van der Waals surface area contributed by atoms with Crippen LogP contribution >= 0.6 is 0 Å². The van der Waals surface area contributed by atoms with Gasteiger partial charge in [-0.15, -0.1) is 0 Å². The van der Waals surface area contributed by atoms with Gasteiger partial charge in [0.15, 0.2) is 0 Å². The number of halogens is 3. The highest BCUT2D eigenvalue weighted by molar-refractivity contribution is 5.09. The zero-order chi connectivity index (χ0) is 13.6. The van der Waals surface area contributed by atoms with Crippen LogP contribution in [0.25, 0.3) is 10.4 Å². The Balaban J connectivity index is 2.50. The number of alkyl halides is 3. The predicted octanol–water partition coefficient (Wildman–Crippen LogP) is 2.90. The van der Waals surface area contributed by atoms with Crippen molar-refractivity contribution in [1.29, 1.82) is 5.26 Å². The molecule has 0 bridgehead atoms. The molecule has 1 aliphatic rings. The third kappa shape index (κ3) is 3.79. The first-order valence-electron chi connectivity index (χ1n) is 5.67. The Morgan fingerprint density at radius 2 is 2.06 bits per heavy atom. The number of rotatable bonds is 4. The van der Waals surface area contributed by atoms with E-state index in [0.717, 1.165) is 0 Å². The standard InChI is InChI=1S/C10H14F3N5/c11-10(12,13)8-1-3-9(7-14,4-2-8)16-5-6-17-18-15/h8,16H,1-6H2. The van der Waals surface area contributed by atoms with Gasteiger partial charge in [0.25, 0.3) is 0 Å². The first kappa shape index (κ1) is 14.6. The quantitative estimate of drug-likeness (QED) is 0.365. The SMILES string of the molecule is N#CC1(NCCN=[N+]=[N-])CCC(C(F)(F)F)CC1. The Labute approximate surface area is 103 Å². The van der Waals surface area contributed by atoms with Gasteiger partial charge in [-0.25, -0.2) is 0 Å². The Morgan fingerprint density at radius 3 is 2.50 bits per heavy atom.